The first-order chi connectivity index (χ1) is 17.5. The van der Waals surface area contributed by atoms with Gasteiger partial charge >= 0.3 is 0 Å². The van der Waals surface area contributed by atoms with Crippen molar-refractivity contribution < 1.29 is 18.8 Å². The van der Waals surface area contributed by atoms with Crippen LogP contribution in [-0.4, -0.2) is 24.3 Å². The van der Waals surface area contributed by atoms with Gasteiger partial charge in [-0.15, -0.1) is 11.3 Å². The van der Waals surface area contributed by atoms with E-state index in [0.29, 0.717) is 40.3 Å². The normalized spacial score (nSPS) is 12.5. The fraction of sp³-hybridized carbons (Fsp3) is 0.107. The molecular weight excluding hydrogens is 477 g/mol. The SMILES string of the molecule is O=C(Nc1cccc2c1CCCN2C(=O)c1cccc(NC(=O)c2cccs2)c1)c1ccc(F)cc1. The average Bonchev–Trinajstić information content (AvgIpc) is 3.44. The molecular formula is C28H22FN3O3S. The van der Waals surface area contributed by atoms with Crippen molar-refractivity contribution in [2.24, 2.45) is 0 Å². The van der Waals surface area contributed by atoms with Crippen LogP contribution in [0.5, 0.6) is 0 Å². The number of fused-ring (bicyclic) bond motifs is 1. The lowest BCUT2D eigenvalue weighted by Crippen LogP contribution is -2.36. The third-order valence-corrected chi connectivity index (χ3v) is 6.83. The van der Waals surface area contributed by atoms with E-state index in [9.17, 15) is 18.8 Å². The number of anilines is 3. The van der Waals surface area contributed by atoms with Crippen LogP contribution in [0.25, 0.3) is 0 Å². The number of nitrogens with zero attached hydrogens (tertiary/aromatic N) is 1. The van der Waals surface area contributed by atoms with Gasteiger partial charge in [0.2, 0.25) is 0 Å². The van der Waals surface area contributed by atoms with Gasteiger partial charge in [0.05, 0.1) is 4.88 Å². The van der Waals surface area contributed by atoms with Crippen LogP contribution in [0.2, 0.25) is 0 Å². The van der Waals surface area contributed by atoms with E-state index < -0.39 is 5.82 Å². The highest BCUT2D eigenvalue weighted by atomic mass is 32.1. The lowest BCUT2D eigenvalue weighted by Gasteiger charge is -2.31. The van der Waals surface area contributed by atoms with Gasteiger partial charge in [-0.25, -0.2) is 4.39 Å². The molecule has 6 nitrogen and oxygen atoms in total. The van der Waals surface area contributed by atoms with Crippen molar-refractivity contribution in [2.75, 3.05) is 22.1 Å². The molecule has 0 radical (unpaired) electrons. The van der Waals surface area contributed by atoms with Crippen LogP contribution in [0.15, 0.2) is 84.2 Å². The Labute approximate surface area is 211 Å². The van der Waals surface area contributed by atoms with Crippen LogP contribution >= 0.6 is 11.3 Å². The van der Waals surface area contributed by atoms with Gasteiger partial charge in [0.25, 0.3) is 17.7 Å². The zero-order valence-corrected chi connectivity index (χ0v) is 20.0. The van der Waals surface area contributed by atoms with Crippen LogP contribution in [0.4, 0.5) is 21.5 Å². The number of nitrogens with one attached hydrogen (secondary N) is 2. The van der Waals surface area contributed by atoms with Crippen molar-refractivity contribution in [2.45, 2.75) is 12.8 Å². The fourth-order valence-corrected chi connectivity index (χ4v) is 4.85. The second-order valence-electron chi connectivity index (χ2n) is 8.34. The van der Waals surface area contributed by atoms with E-state index in [1.165, 1.54) is 35.6 Å². The van der Waals surface area contributed by atoms with E-state index in [4.69, 9.17) is 0 Å². The molecule has 36 heavy (non-hydrogen) atoms. The second-order valence-corrected chi connectivity index (χ2v) is 9.28. The minimum atomic E-state index is -0.409. The maximum absolute atomic E-state index is 13.5. The molecule has 0 spiro atoms. The standard InChI is InChI=1S/C28H22FN3O3S/c29-20-13-11-18(12-14-20)26(33)31-23-8-2-9-24-22(23)7-3-15-32(24)28(35)19-5-1-6-21(17-19)30-27(34)25-10-4-16-36-25/h1-2,4-6,8-14,16-17H,3,7,15H2,(H,30,34)(H,31,33). The van der Waals surface area contributed by atoms with E-state index in [2.05, 4.69) is 10.6 Å². The topological polar surface area (TPSA) is 78.5 Å². The molecule has 0 unspecified atom stereocenters. The number of carbonyl (C=O) groups is 3. The fourth-order valence-electron chi connectivity index (χ4n) is 4.23. The summed E-state index contributed by atoms with van der Waals surface area (Å²) < 4.78 is 13.2. The van der Waals surface area contributed by atoms with Gasteiger partial charge in [-0.3, -0.25) is 14.4 Å². The average molecular weight is 500 g/mol. The molecule has 0 fully saturated rings. The van der Waals surface area contributed by atoms with Gasteiger partial charge in [0.1, 0.15) is 5.82 Å². The molecule has 0 bridgehead atoms. The summed E-state index contributed by atoms with van der Waals surface area (Å²) in [5, 5.41) is 7.58. The van der Waals surface area contributed by atoms with E-state index in [1.807, 2.05) is 17.5 Å². The number of carbonyl (C=O) groups excluding carboxylic acids is 3. The number of amides is 3. The highest BCUT2D eigenvalue weighted by Crippen LogP contribution is 2.34. The summed E-state index contributed by atoms with van der Waals surface area (Å²) in [5.74, 6) is -1.17. The molecule has 8 heteroatoms. The molecule has 2 N–H and O–H groups in total. The molecule has 1 aromatic heterocycles. The van der Waals surface area contributed by atoms with Crippen LogP contribution in [0.3, 0.4) is 0 Å². The summed E-state index contributed by atoms with van der Waals surface area (Å²) in [7, 11) is 0. The third kappa shape index (κ3) is 4.89. The second kappa shape index (κ2) is 10.1. The van der Waals surface area contributed by atoms with Gasteiger partial charge in [0.15, 0.2) is 0 Å². The minimum absolute atomic E-state index is 0.190. The highest BCUT2D eigenvalue weighted by Gasteiger charge is 2.26. The first-order valence-electron chi connectivity index (χ1n) is 11.5. The van der Waals surface area contributed by atoms with E-state index in [-0.39, 0.29) is 17.7 Å². The molecule has 0 saturated heterocycles. The smallest absolute Gasteiger partial charge is 0.265 e. The summed E-state index contributed by atoms with van der Waals surface area (Å²) in [6, 6.07) is 21.2. The highest BCUT2D eigenvalue weighted by molar-refractivity contribution is 7.12. The Kier molecular flexibility index (Phi) is 6.60. The predicted octanol–water partition coefficient (Wildman–Crippen LogP) is 5.98. The Balaban J connectivity index is 1.37. The summed E-state index contributed by atoms with van der Waals surface area (Å²) in [6.45, 7) is 0.535. The first-order valence-corrected chi connectivity index (χ1v) is 12.3. The van der Waals surface area contributed by atoms with Crippen LogP contribution < -0.4 is 15.5 Å². The molecule has 2 heterocycles. The zero-order valence-electron chi connectivity index (χ0n) is 19.2. The molecule has 4 aromatic rings. The van der Waals surface area contributed by atoms with Crippen LogP contribution in [0, 0.1) is 5.82 Å². The monoisotopic (exact) mass is 499 g/mol. The lowest BCUT2D eigenvalue weighted by atomic mass is 9.98. The number of thiophene rings is 1. The van der Waals surface area contributed by atoms with Crippen LogP contribution in [-0.2, 0) is 6.42 Å². The number of hydrogen-bond acceptors (Lipinski definition) is 4. The van der Waals surface area contributed by atoms with Crippen LogP contribution in [0.1, 0.15) is 42.4 Å². The summed E-state index contributed by atoms with van der Waals surface area (Å²) in [4.78, 5) is 40.9. The Hall–Kier alpha value is -4.30. The van der Waals surface area contributed by atoms with E-state index >= 15 is 0 Å². The predicted molar refractivity (Wildman–Crippen MR) is 140 cm³/mol. The Morgan fingerprint density at radius 2 is 1.64 bits per heavy atom. The lowest BCUT2D eigenvalue weighted by molar-refractivity contribution is 0.0982. The molecule has 0 saturated carbocycles. The number of hydrogen-bond donors (Lipinski definition) is 2. The minimum Gasteiger partial charge on any atom is -0.322 e. The molecule has 3 aromatic carbocycles. The third-order valence-electron chi connectivity index (χ3n) is 5.96. The Bertz CT molecular complexity index is 1430. The maximum Gasteiger partial charge on any atom is 0.265 e. The first kappa shape index (κ1) is 23.4. The summed E-state index contributed by atoms with van der Waals surface area (Å²) in [6.07, 6.45) is 1.44. The van der Waals surface area contributed by atoms with Crippen molar-refractivity contribution in [3.8, 4) is 0 Å². The molecule has 1 aliphatic heterocycles. The van der Waals surface area contributed by atoms with Crippen molar-refractivity contribution in [1.82, 2.24) is 0 Å². The van der Waals surface area contributed by atoms with Crippen molar-refractivity contribution >= 4 is 46.1 Å². The molecule has 1 aliphatic rings. The Morgan fingerprint density at radius 1 is 0.833 bits per heavy atom. The number of rotatable bonds is 5. The van der Waals surface area contributed by atoms with Gasteiger partial charge < -0.3 is 15.5 Å². The molecule has 180 valence electrons. The number of benzene rings is 3. The van der Waals surface area contributed by atoms with Gasteiger partial charge in [0, 0.05) is 34.7 Å². The van der Waals surface area contributed by atoms with Crippen molar-refractivity contribution in [1.29, 1.82) is 0 Å². The van der Waals surface area contributed by atoms with Gasteiger partial charge in [-0.2, -0.15) is 0 Å². The quantitative estimate of drug-likeness (QED) is 0.354. The van der Waals surface area contributed by atoms with Gasteiger partial charge in [-0.1, -0.05) is 18.2 Å². The van der Waals surface area contributed by atoms with Crippen molar-refractivity contribution in [3.63, 3.8) is 0 Å². The van der Waals surface area contributed by atoms with Gasteiger partial charge in [-0.05, 0) is 84.4 Å². The van der Waals surface area contributed by atoms with E-state index in [0.717, 1.165) is 17.7 Å². The zero-order chi connectivity index (χ0) is 25.1. The molecule has 0 aliphatic carbocycles. The summed E-state index contributed by atoms with van der Waals surface area (Å²) in [5.41, 5.74) is 3.56. The maximum atomic E-state index is 13.5. The molecule has 3 amide bonds. The largest absolute Gasteiger partial charge is 0.322 e. The molecule has 5 rings (SSSR count). The van der Waals surface area contributed by atoms with Crippen molar-refractivity contribution in [3.05, 3.63) is 112 Å². The number of halogens is 1. The molecule has 0 atom stereocenters. The van der Waals surface area contributed by atoms with E-state index in [1.54, 1.807) is 47.4 Å². The Morgan fingerprint density at radius 3 is 2.42 bits per heavy atom. The summed E-state index contributed by atoms with van der Waals surface area (Å²) >= 11 is 1.35.